The summed E-state index contributed by atoms with van der Waals surface area (Å²) in [5.74, 6) is 1.78. The second kappa shape index (κ2) is 4.53. The van der Waals surface area contributed by atoms with Crippen molar-refractivity contribution in [2.45, 2.75) is 25.8 Å². The van der Waals surface area contributed by atoms with Gasteiger partial charge < -0.3 is 15.2 Å². The number of hydrogen-bond acceptors (Lipinski definition) is 3. The third-order valence-corrected chi connectivity index (χ3v) is 2.61. The van der Waals surface area contributed by atoms with Gasteiger partial charge in [0.2, 0.25) is 0 Å². The number of benzene rings is 1. The minimum Gasteiger partial charge on any atom is -0.494 e. The molecule has 1 aliphatic heterocycles. The molecule has 0 unspecified atom stereocenters. The van der Waals surface area contributed by atoms with Gasteiger partial charge in [-0.2, -0.15) is 0 Å². The highest BCUT2D eigenvalue weighted by atomic mass is 16.5. The van der Waals surface area contributed by atoms with E-state index >= 15 is 0 Å². The molecule has 2 N–H and O–H groups in total. The first-order valence-corrected chi connectivity index (χ1v) is 5.46. The predicted octanol–water partition coefficient (Wildman–Crippen LogP) is 2.26. The molecule has 15 heavy (non-hydrogen) atoms. The van der Waals surface area contributed by atoms with Gasteiger partial charge in [0, 0.05) is 11.6 Å². The molecule has 2 rings (SSSR count). The summed E-state index contributed by atoms with van der Waals surface area (Å²) in [6, 6.07) is 5.95. The topological polar surface area (TPSA) is 44.5 Å². The molecule has 0 amide bonds. The van der Waals surface area contributed by atoms with Crippen LogP contribution in [0.25, 0.3) is 0 Å². The fraction of sp³-hybridized carbons (Fsp3) is 0.500. The number of hydrogen-bond donors (Lipinski definition) is 1. The third kappa shape index (κ3) is 2.23. The van der Waals surface area contributed by atoms with Gasteiger partial charge in [-0.05, 0) is 38.0 Å². The SMILES string of the molecule is CCOc1ccc2c(c1)[C@H](N)CCCO2. The van der Waals surface area contributed by atoms with Crippen LogP contribution in [0.1, 0.15) is 31.4 Å². The van der Waals surface area contributed by atoms with Crippen molar-refractivity contribution in [1.82, 2.24) is 0 Å². The van der Waals surface area contributed by atoms with E-state index < -0.39 is 0 Å². The molecule has 0 spiro atoms. The zero-order chi connectivity index (χ0) is 10.7. The Morgan fingerprint density at radius 2 is 2.40 bits per heavy atom. The maximum Gasteiger partial charge on any atom is 0.124 e. The van der Waals surface area contributed by atoms with Gasteiger partial charge >= 0.3 is 0 Å². The molecule has 3 nitrogen and oxygen atoms in total. The Morgan fingerprint density at radius 1 is 1.53 bits per heavy atom. The van der Waals surface area contributed by atoms with E-state index in [1.165, 1.54) is 0 Å². The molecular weight excluding hydrogens is 190 g/mol. The number of ether oxygens (including phenoxy) is 2. The van der Waals surface area contributed by atoms with Crippen LogP contribution in [0.2, 0.25) is 0 Å². The number of fused-ring (bicyclic) bond motifs is 1. The molecule has 0 bridgehead atoms. The summed E-state index contributed by atoms with van der Waals surface area (Å²) in [5.41, 5.74) is 7.14. The average molecular weight is 207 g/mol. The van der Waals surface area contributed by atoms with Crippen LogP contribution in [0.5, 0.6) is 11.5 Å². The van der Waals surface area contributed by atoms with Crippen molar-refractivity contribution in [2.75, 3.05) is 13.2 Å². The largest absolute Gasteiger partial charge is 0.494 e. The quantitative estimate of drug-likeness (QED) is 0.809. The van der Waals surface area contributed by atoms with Gasteiger partial charge in [-0.15, -0.1) is 0 Å². The van der Waals surface area contributed by atoms with Crippen LogP contribution in [0, 0.1) is 0 Å². The summed E-state index contributed by atoms with van der Waals surface area (Å²) in [4.78, 5) is 0. The molecule has 1 aromatic carbocycles. The van der Waals surface area contributed by atoms with Gasteiger partial charge in [0.25, 0.3) is 0 Å². The molecule has 82 valence electrons. The lowest BCUT2D eigenvalue weighted by atomic mass is 10.0. The standard InChI is InChI=1S/C12H17NO2/c1-2-14-9-5-6-12-10(8-9)11(13)4-3-7-15-12/h5-6,8,11H,2-4,7,13H2,1H3/t11-/m1/s1. The minimum absolute atomic E-state index is 0.0721. The Bertz CT molecular complexity index is 338. The zero-order valence-corrected chi connectivity index (χ0v) is 9.03. The van der Waals surface area contributed by atoms with E-state index in [1.807, 2.05) is 25.1 Å². The third-order valence-electron chi connectivity index (χ3n) is 2.61. The zero-order valence-electron chi connectivity index (χ0n) is 9.03. The van der Waals surface area contributed by atoms with E-state index in [2.05, 4.69) is 0 Å². The molecule has 1 heterocycles. The van der Waals surface area contributed by atoms with E-state index in [-0.39, 0.29) is 6.04 Å². The Morgan fingerprint density at radius 3 is 3.20 bits per heavy atom. The lowest BCUT2D eigenvalue weighted by molar-refractivity contribution is 0.314. The molecule has 0 aromatic heterocycles. The second-order valence-electron chi connectivity index (χ2n) is 3.73. The highest BCUT2D eigenvalue weighted by Crippen LogP contribution is 2.32. The first-order valence-electron chi connectivity index (χ1n) is 5.46. The van der Waals surface area contributed by atoms with Crippen LogP contribution < -0.4 is 15.2 Å². The molecule has 3 heteroatoms. The molecule has 1 atom stereocenters. The van der Waals surface area contributed by atoms with Crippen LogP contribution in [0.15, 0.2) is 18.2 Å². The fourth-order valence-corrected chi connectivity index (χ4v) is 1.85. The van der Waals surface area contributed by atoms with Gasteiger partial charge in [0.1, 0.15) is 11.5 Å². The van der Waals surface area contributed by atoms with Gasteiger partial charge in [0.05, 0.1) is 13.2 Å². The van der Waals surface area contributed by atoms with Crippen molar-refractivity contribution in [3.8, 4) is 11.5 Å². The lowest BCUT2D eigenvalue weighted by Crippen LogP contribution is -2.09. The number of nitrogens with two attached hydrogens (primary N) is 1. The van der Waals surface area contributed by atoms with Crippen LogP contribution in [-0.2, 0) is 0 Å². The molecular formula is C12H17NO2. The minimum atomic E-state index is 0.0721. The Kier molecular flexibility index (Phi) is 3.11. The van der Waals surface area contributed by atoms with Crippen LogP contribution in [0.4, 0.5) is 0 Å². The summed E-state index contributed by atoms with van der Waals surface area (Å²) < 4.78 is 11.1. The van der Waals surface area contributed by atoms with Crippen molar-refractivity contribution in [1.29, 1.82) is 0 Å². The average Bonchev–Trinajstić information content (AvgIpc) is 2.42. The molecule has 0 saturated carbocycles. The van der Waals surface area contributed by atoms with Crippen molar-refractivity contribution >= 4 is 0 Å². The van der Waals surface area contributed by atoms with E-state index in [4.69, 9.17) is 15.2 Å². The summed E-state index contributed by atoms with van der Waals surface area (Å²) in [5, 5.41) is 0. The molecule has 0 saturated heterocycles. The summed E-state index contributed by atoms with van der Waals surface area (Å²) in [6.45, 7) is 3.41. The first kappa shape index (κ1) is 10.3. The highest BCUT2D eigenvalue weighted by molar-refractivity contribution is 5.42. The summed E-state index contributed by atoms with van der Waals surface area (Å²) >= 11 is 0. The van der Waals surface area contributed by atoms with E-state index in [0.29, 0.717) is 6.61 Å². The molecule has 1 aromatic rings. The maximum atomic E-state index is 6.08. The van der Waals surface area contributed by atoms with E-state index in [0.717, 1.165) is 36.5 Å². The maximum absolute atomic E-state index is 6.08. The Labute approximate surface area is 90.2 Å². The van der Waals surface area contributed by atoms with Crippen molar-refractivity contribution in [2.24, 2.45) is 5.73 Å². The smallest absolute Gasteiger partial charge is 0.124 e. The predicted molar refractivity (Wildman–Crippen MR) is 59.3 cm³/mol. The highest BCUT2D eigenvalue weighted by Gasteiger charge is 2.16. The van der Waals surface area contributed by atoms with E-state index in [9.17, 15) is 0 Å². The van der Waals surface area contributed by atoms with Gasteiger partial charge in [-0.1, -0.05) is 0 Å². The van der Waals surface area contributed by atoms with Gasteiger partial charge in [0.15, 0.2) is 0 Å². The molecule has 0 radical (unpaired) electrons. The second-order valence-corrected chi connectivity index (χ2v) is 3.73. The van der Waals surface area contributed by atoms with E-state index in [1.54, 1.807) is 0 Å². The van der Waals surface area contributed by atoms with Crippen molar-refractivity contribution in [3.05, 3.63) is 23.8 Å². The fourth-order valence-electron chi connectivity index (χ4n) is 1.85. The van der Waals surface area contributed by atoms with Crippen LogP contribution in [-0.4, -0.2) is 13.2 Å². The normalized spacial score (nSPS) is 20.0. The molecule has 0 fully saturated rings. The summed E-state index contributed by atoms with van der Waals surface area (Å²) in [7, 11) is 0. The Hall–Kier alpha value is -1.22. The number of rotatable bonds is 2. The van der Waals surface area contributed by atoms with Crippen molar-refractivity contribution in [3.63, 3.8) is 0 Å². The van der Waals surface area contributed by atoms with Crippen LogP contribution >= 0.6 is 0 Å². The van der Waals surface area contributed by atoms with Crippen molar-refractivity contribution < 1.29 is 9.47 Å². The van der Waals surface area contributed by atoms with Gasteiger partial charge in [-0.3, -0.25) is 0 Å². The molecule has 0 aliphatic carbocycles. The van der Waals surface area contributed by atoms with Crippen LogP contribution in [0.3, 0.4) is 0 Å². The lowest BCUT2D eigenvalue weighted by Gasteiger charge is -2.13. The molecule has 1 aliphatic rings. The first-order chi connectivity index (χ1) is 7.31. The monoisotopic (exact) mass is 207 g/mol. The van der Waals surface area contributed by atoms with Gasteiger partial charge in [-0.25, -0.2) is 0 Å². The summed E-state index contributed by atoms with van der Waals surface area (Å²) in [6.07, 6.45) is 1.99. The Balaban J connectivity index is 2.31.